The number of carbonyl (C=O) groups excluding carboxylic acids is 3. The van der Waals surface area contributed by atoms with Gasteiger partial charge < -0.3 is 20.4 Å². The summed E-state index contributed by atoms with van der Waals surface area (Å²) in [6.07, 6.45) is 4.43. The Morgan fingerprint density at radius 1 is 1.39 bits per heavy atom. The number of carbonyl (C=O) groups is 3. The number of nitrogens with one attached hydrogen (secondary N) is 1. The topological polar surface area (TPSA) is 106 Å². The Bertz CT molecular complexity index is 918. The molecule has 2 aromatic heterocycles. The van der Waals surface area contributed by atoms with Crippen molar-refractivity contribution in [3.63, 3.8) is 0 Å². The first-order valence-corrected chi connectivity index (χ1v) is 10.3. The van der Waals surface area contributed by atoms with Crippen LogP contribution < -0.4 is 11.1 Å². The van der Waals surface area contributed by atoms with Crippen LogP contribution in [-0.4, -0.2) is 29.2 Å². The smallest absolute Gasteiger partial charge is 0.251 e. The summed E-state index contributed by atoms with van der Waals surface area (Å²) in [4.78, 5) is 39.9. The predicted octanol–water partition coefficient (Wildman–Crippen LogP) is 2.55. The Labute approximate surface area is 166 Å². The van der Waals surface area contributed by atoms with Crippen LogP contribution in [0, 0.1) is 11.8 Å². The van der Waals surface area contributed by atoms with Gasteiger partial charge in [0.05, 0.1) is 24.3 Å². The maximum Gasteiger partial charge on any atom is 0.251 e. The standard InChI is InChI=1S/C20H23N3O4S/c1-11-4-5-14-15(7-11)28-20(17(14)18(21)25)22-19(26)12-8-16(24)23(9-12)10-13-3-2-6-27-13/h2-3,6,11-12H,4-5,7-10H2,1H3,(H2,21,25)(H,22,26)/t11-,12-/m1/s1. The molecule has 148 valence electrons. The molecule has 0 aromatic carbocycles. The van der Waals surface area contributed by atoms with Gasteiger partial charge in [0.2, 0.25) is 11.8 Å². The van der Waals surface area contributed by atoms with Crippen molar-refractivity contribution in [3.05, 3.63) is 40.2 Å². The molecule has 1 aliphatic heterocycles. The molecule has 28 heavy (non-hydrogen) atoms. The number of primary amides is 1. The number of likely N-dealkylation sites (tertiary alicyclic amines) is 1. The highest BCUT2D eigenvalue weighted by Gasteiger charge is 2.36. The van der Waals surface area contributed by atoms with Gasteiger partial charge in [-0.25, -0.2) is 0 Å². The van der Waals surface area contributed by atoms with Crippen molar-refractivity contribution in [2.45, 2.75) is 39.2 Å². The summed E-state index contributed by atoms with van der Waals surface area (Å²) >= 11 is 1.44. The molecule has 0 saturated carbocycles. The van der Waals surface area contributed by atoms with Crippen molar-refractivity contribution in [3.8, 4) is 0 Å². The molecule has 3 amide bonds. The molecule has 0 spiro atoms. The van der Waals surface area contributed by atoms with Crippen molar-refractivity contribution >= 4 is 34.1 Å². The average molecular weight is 401 g/mol. The monoisotopic (exact) mass is 401 g/mol. The molecule has 8 heteroatoms. The third kappa shape index (κ3) is 3.56. The van der Waals surface area contributed by atoms with E-state index in [0.717, 1.165) is 29.7 Å². The van der Waals surface area contributed by atoms with Gasteiger partial charge >= 0.3 is 0 Å². The van der Waals surface area contributed by atoms with Crippen LogP contribution in [0.25, 0.3) is 0 Å². The van der Waals surface area contributed by atoms with Gasteiger partial charge in [0.1, 0.15) is 10.8 Å². The van der Waals surface area contributed by atoms with Crippen molar-refractivity contribution in [1.82, 2.24) is 4.90 Å². The molecule has 0 bridgehead atoms. The van der Waals surface area contributed by atoms with E-state index in [4.69, 9.17) is 10.2 Å². The summed E-state index contributed by atoms with van der Waals surface area (Å²) in [5.41, 5.74) is 7.03. The fourth-order valence-electron chi connectivity index (χ4n) is 4.00. The van der Waals surface area contributed by atoms with Gasteiger partial charge in [-0.1, -0.05) is 6.92 Å². The van der Waals surface area contributed by atoms with Crippen LogP contribution in [0.5, 0.6) is 0 Å². The lowest BCUT2D eigenvalue weighted by molar-refractivity contribution is -0.128. The first kappa shape index (κ1) is 18.7. The third-order valence-corrected chi connectivity index (χ3v) is 6.68. The van der Waals surface area contributed by atoms with Gasteiger partial charge in [0.25, 0.3) is 5.91 Å². The van der Waals surface area contributed by atoms with E-state index >= 15 is 0 Å². The maximum absolute atomic E-state index is 12.8. The normalized spacial score (nSPS) is 21.6. The second-order valence-corrected chi connectivity index (χ2v) is 8.77. The Hall–Kier alpha value is -2.61. The zero-order chi connectivity index (χ0) is 19.8. The molecule has 3 N–H and O–H groups in total. The number of hydrogen-bond acceptors (Lipinski definition) is 5. The summed E-state index contributed by atoms with van der Waals surface area (Å²) in [5, 5.41) is 3.40. The minimum Gasteiger partial charge on any atom is -0.467 e. The highest BCUT2D eigenvalue weighted by Crippen LogP contribution is 2.39. The summed E-state index contributed by atoms with van der Waals surface area (Å²) in [6, 6.07) is 3.57. The second-order valence-electron chi connectivity index (χ2n) is 7.66. The van der Waals surface area contributed by atoms with Crippen molar-refractivity contribution in [2.24, 2.45) is 17.6 Å². The summed E-state index contributed by atoms with van der Waals surface area (Å²) in [5.74, 6) is -0.0514. The largest absolute Gasteiger partial charge is 0.467 e. The molecule has 2 aromatic rings. The Kier molecular flexibility index (Phi) is 4.97. The molecule has 0 radical (unpaired) electrons. The number of fused-ring (bicyclic) bond motifs is 1. The van der Waals surface area contributed by atoms with E-state index in [1.807, 2.05) is 0 Å². The van der Waals surface area contributed by atoms with E-state index in [2.05, 4.69) is 12.2 Å². The quantitative estimate of drug-likeness (QED) is 0.803. The van der Waals surface area contributed by atoms with Gasteiger partial charge in [-0.15, -0.1) is 11.3 Å². The molecule has 1 aliphatic carbocycles. The zero-order valence-corrected chi connectivity index (χ0v) is 16.5. The van der Waals surface area contributed by atoms with Gasteiger partial charge in [-0.2, -0.15) is 0 Å². The lowest BCUT2D eigenvalue weighted by Gasteiger charge is -2.18. The minimum atomic E-state index is -0.510. The number of furan rings is 1. The van der Waals surface area contributed by atoms with Crippen LogP contribution >= 0.6 is 11.3 Å². The molecule has 3 heterocycles. The number of amides is 3. The summed E-state index contributed by atoms with van der Waals surface area (Å²) in [7, 11) is 0. The molecule has 1 fully saturated rings. The lowest BCUT2D eigenvalue weighted by atomic mass is 9.88. The number of nitrogens with zero attached hydrogens (tertiary/aromatic N) is 1. The van der Waals surface area contributed by atoms with Crippen LogP contribution in [-0.2, 0) is 29.0 Å². The van der Waals surface area contributed by atoms with E-state index in [9.17, 15) is 14.4 Å². The number of rotatable bonds is 5. The second kappa shape index (κ2) is 7.43. The van der Waals surface area contributed by atoms with Crippen LogP contribution in [0.1, 0.15) is 46.3 Å². The van der Waals surface area contributed by atoms with E-state index < -0.39 is 11.8 Å². The number of anilines is 1. The Morgan fingerprint density at radius 2 is 2.21 bits per heavy atom. The zero-order valence-electron chi connectivity index (χ0n) is 15.7. The fourth-order valence-corrected chi connectivity index (χ4v) is 5.42. The molecule has 2 atom stereocenters. The van der Waals surface area contributed by atoms with Gasteiger partial charge in [0, 0.05) is 17.8 Å². The number of thiophene rings is 1. The predicted molar refractivity (Wildman–Crippen MR) is 105 cm³/mol. The van der Waals surface area contributed by atoms with Crippen molar-refractivity contribution < 1.29 is 18.8 Å². The van der Waals surface area contributed by atoms with Crippen molar-refractivity contribution in [1.29, 1.82) is 0 Å². The van der Waals surface area contributed by atoms with Crippen LogP contribution in [0.15, 0.2) is 22.8 Å². The molecule has 4 rings (SSSR count). The molecule has 1 saturated heterocycles. The number of hydrogen-bond donors (Lipinski definition) is 2. The van der Waals surface area contributed by atoms with E-state index in [1.54, 1.807) is 23.3 Å². The highest BCUT2D eigenvalue weighted by atomic mass is 32.1. The third-order valence-electron chi connectivity index (χ3n) is 5.51. The first-order valence-electron chi connectivity index (χ1n) is 9.47. The minimum absolute atomic E-state index is 0.0778. The Morgan fingerprint density at radius 3 is 2.93 bits per heavy atom. The van der Waals surface area contributed by atoms with E-state index in [1.165, 1.54) is 11.3 Å². The van der Waals surface area contributed by atoms with Gasteiger partial charge in [-0.3, -0.25) is 14.4 Å². The average Bonchev–Trinajstić information content (AvgIpc) is 3.34. The number of nitrogens with two attached hydrogens (primary N) is 1. The van der Waals surface area contributed by atoms with Gasteiger partial charge in [0.15, 0.2) is 0 Å². The maximum atomic E-state index is 12.8. The fraction of sp³-hybridized carbons (Fsp3) is 0.450. The highest BCUT2D eigenvalue weighted by molar-refractivity contribution is 7.17. The summed E-state index contributed by atoms with van der Waals surface area (Å²) in [6.45, 7) is 2.87. The van der Waals surface area contributed by atoms with Crippen LogP contribution in [0.4, 0.5) is 5.00 Å². The van der Waals surface area contributed by atoms with E-state index in [-0.39, 0.29) is 18.2 Å². The molecule has 0 unspecified atom stereocenters. The first-order chi connectivity index (χ1) is 13.4. The molecule has 7 nitrogen and oxygen atoms in total. The van der Waals surface area contributed by atoms with Crippen molar-refractivity contribution in [2.75, 3.05) is 11.9 Å². The van der Waals surface area contributed by atoms with Crippen LogP contribution in [0.3, 0.4) is 0 Å². The molecule has 2 aliphatic rings. The van der Waals surface area contributed by atoms with Gasteiger partial charge in [-0.05, 0) is 42.9 Å². The Balaban J connectivity index is 1.48. The lowest BCUT2D eigenvalue weighted by Crippen LogP contribution is -2.28. The molecular weight excluding hydrogens is 378 g/mol. The summed E-state index contributed by atoms with van der Waals surface area (Å²) < 4.78 is 5.29. The van der Waals surface area contributed by atoms with E-state index in [0.29, 0.717) is 35.3 Å². The molecular formula is C20H23N3O4S. The van der Waals surface area contributed by atoms with Crippen LogP contribution in [0.2, 0.25) is 0 Å². The SMILES string of the molecule is C[C@@H]1CCc2c(sc(NC(=O)[C@@H]3CC(=O)N(Cc4ccco4)C3)c2C(N)=O)C1.